The Morgan fingerprint density at radius 2 is 1.69 bits per heavy atom. The van der Waals surface area contributed by atoms with Crippen molar-refractivity contribution in [2.24, 2.45) is 4.99 Å². The second-order valence-electron chi connectivity index (χ2n) is 7.01. The highest BCUT2D eigenvalue weighted by atomic mass is 127. The molecule has 1 atom stereocenters. The van der Waals surface area contributed by atoms with E-state index in [9.17, 15) is 5.11 Å². The van der Waals surface area contributed by atoms with Crippen LogP contribution in [0.5, 0.6) is 0 Å². The van der Waals surface area contributed by atoms with Gasteiger partial charge in [-0.2, -0.15) is 0 Å². The maximum Gasteiger partial charge on any atom is 0.191 e. The quantitative estimate of drug-likeness (QED) is 0.188. The lowest BCUT2D eigenvalue weighted by atomic mass is 10.0. The Hall–Kier alpha value is -1.64. The van der Waals surface area contributed by atoms with Crippen molar-refractivity contribution in [3.8, 4) is 0 Å². The zero-order chi connectivity index (χ0) is 20.0. The minimum Gasteiger partial charge on any atom is -0.396 e. The molecule has 0 aliphatic heterocycles. The Morgan fingerprint density at radius 3 is 2.31 bits per heavy atom. The van der Waals surface area contributed by atoms with Crippen LogP contribution in [0.15, 0.2) is 65.7 Å². The van der Waals surface area contributed by atoms with E-state index in [1.807, 2.05) is 36.4 Å². The summed E-state index contributed by atoms with van der Waals surface area (Å²) in [5.74, 6) is 0.830. The van der Waals surface area contributed by atoms with E-state index in [2.05, 4.69) is 58.8 Å². The Balaban J connectivity index is 0.00000420. The second kappa shape index (κ2) is 15.2. The van der Waals surface area contributed by atoms with Gasteiger partial charge in [0.25, 0.3) is 0 Å². The average Bonchev–Trinajstić information content (AvgIpc) is 2.73. The molecule has 0 saturated carbocycles. The molecule has 0 spiro atoms. The third kappa shape index (κ3) is 10.1. The predicted molar refractivity (Wildman–Crippen MR) is 133 cm³/mol. The summed E-state index contributed by atoms with van der Waals surface area (Å²) in [5, 5.41) is 16.4. The summed E-state index contributed by atoms with van der Waals surface area (Å²) >= 11 is 0. The lowest BCUT2D eigenvalue weighted by Gasteiger charge is -2.18. The molecule has 0 heterocycles. The molecule has 6 heteroatoms. The van der Waals surface area contributed by atoms with E-state index in [-0.39, 0.29) is 36.5 Å². The molecular formula is C23H35IN4O. The molecule has 3 N–H and O–H groups in total. The lowest BCUT2D eigenvalue weighted by Crippen LogP contribution is -2.39. The van der Waals surface area contributed by atoms with Crippen molar-refractivity contribution in [3.63, 3.8) is 0 Å². The Labute approximate surface area is 192 Å². The van der Waals surface area contributed by atoms with Crippen LogP contribution in [-0.2, 0) is 6.54 Å². The number of halogens is 1. The maximum atomic E-state index is 9.70. The van der Waals surface area contributed by atoms with Crippen molar-refractivity contribution in [1.82, 2.24) is 15.5 Å². The molecule has 2 aromatic carbocycles. The van der Waals surface area contributed by atoms with E-state index in [4.69, 9.17) is 0 Å². The molecule has 160 valence electrons. The topological polar surface area (TPSA) is 59.9 Å². The number of benzene rings is 2. The molecule has 0 fully saturated rings. The molecule has 0 aliphatic carbocycles. The molecule has 2 rings (SSSR count). The van der Waals surface area contributed by atoms with Crippen LogP contribution in [0.3, 0.4) is 0 Å². The largest absolute Gasteiger partial charge is 0.396 e. The van der Waals surface area contributed by atoms with Crippen LogP contribution < -0.4 is 10.6 Å². The highest BCUT2D eigenvalue weighted by molar-refractivity contribution is 14.0. The number of hydrogen-bond acceptors (Lipinski definition) is 3. The first-order valence-electron chi connectivity index (χ1n) is 10.1. The summed E-state index contributed by atoms with van der Waals surface area (Å²) in [4.78, 5) is 7.00. The van der Waals surface area contributed by atoms with Crippen LogP contribution >= 0.6 is 24.0 Å². The zero-order valence-corrected chi connectivity index (χ0v) is 19.9. The molecule has 29 heavy (non-hydrogen) atoms. The van der Waals surface area contributed by atoms with E-state index in [1.54, 1.807) is 0 Å². The number of aliphatic hydroxyl groups is 1. The van der Waals surface area contributed by atoms with Crippen molar-refractivity contribution in [2.75, 3.05) is 39.8 Å². The zero-order valence-electron chi connectivity index (χ0n) is 17.6. The van der Waals surface area contributed by atoms with E-state index < -0.39 is 0 Å². The molecule has 0 amide bonds. The molecule has 0 saturated heterocycles. The molecule has 1 unspecified atom stereocenters. The van der Waals surface area contributed by atoms with E-state index in [1.165, 1.54) is 5.56 Å². The van der Waals surface area contributed by atoms with Gasteiger partial charge in [-0.3, -0.25) is 4.99 Å². The van der Waals surface area contributed by atoms with Gasteiger partial charge in [0.05, 0.1) is 13.2 Å². The SMILES string of the molecule is CCNC(=NCC(CO)c1ccccc1)NCCCN(C)Cc1ccccc1.I. The first-order chi connectivity index (χ1) is 13.7. The summed E-state index contributed by atoms with van der Waals surface area (Å²) in [6.07, 6.45) is 1.04. The fourth-order valence-electron chi connectivity index (χ4n) is 3.07. The monoisotopic (exact) mass is 510 g/mol. The van der Waals surface area contributed by atoms with Crippen LogP contribution in [-0.4, -0.2) is 55.8 Å². The predicted octanol–water partition coefficient (Wildman–Crippen LogP) is 3.46. The van der Waals surface area contributed by atoms with Crippen LogP contribution in [0.2, 0.25) is 0 Å². The van der Waals surface area contributed by atoms with Crippen LogP contribution in [0, 0.1) is 0 Å². The van der Waals surface area contributed by atoms with E-state index in [0.717, 1.165) is 44.1 Å². The highest BCUT2D eigenvalue weighted by Gasteiger charge is 2.10. The van der Waals surface area contributed by atoms with Gasteiger partial charge in [-0.1, -0.05) is 60.7 Å². The average molecular weight is 510 g/mol. The Bertz CT molecular complexity index is 682. The molecule has 5 nitrogen and oxygen atoms in total. The standard InChI is InChI=1S/C23H34N4O.HI/c1-3-24-23(26-17-22(19-28)21-13-8-5-9-14-21)25-15-10-16-27(2)18-20-11-6-4-7-12-20;/h4-9,11-14,22,28H,3,10,15-19H2,1-2H3,(H2,24,25,26);1H. The highest BCUT2D eigenvalue weighted by Crippen LogP contribution is 2.14. The van der Waals surface area contributed by atoms with Crippen molar-refractivity contribution in [2.45, 2.75) is 25.8 Å². The fraction of sp³-hybridized carbons (Fsp3) is 0.435. The summed E-state index contributed by atoms with van der Waals surface area (Å²) in [6, 6.07) is 20.6. The summed E-state index contributed by atoms with van der Waals surface area (Å²) in [7, 11) is 2.15. The molecule has 0 aromatic heterocycles. The number of nitrogens with one attached hydrogen (secondary N) is 2. The number of guanidine groups is 1. The van der Waals surface area contributed by atoms with Gasteiger partial charge in [0.15, 0.2) is 5.96 Å². The first-order valence-corrected chi connectivity index (χ1v) is 10.1. The minimum absolute atomic E-state index is 0. The Kier molecular flexibility index (Phi) is 13.3. The van der Waals surface area contributed by atoms with Gasteiger partial charge in [-0.05, 0) is 38.1 Å². The minimum atomic E-state index is 0. The lowest BCUT2D eigenvalue weighted by molar-refractivity contribution is 0.268. The summed E-state index contributed by atoms with van der Waals surface area (Å²) < 4.78 is 0. The summed E-state index contributed by atoms with van der Waals surface area (Å²) in [6.45, 7) is 6.37. The van der Waals surface area contributed by atoms with Crippen molar-refractivity contribution in [3.05, 3.63) is 71.8 Å². The third-order valence-corrected chi connectivity index (χ3v) is 4.61. The number of aliphatic imine (C=N–C) groups is 1. The summed E-state index contributed by atoms with van der Waals surface area (Å²) in [5.41, 5.74) is 2.45. The molecule has 0 aliphatic rings. The number of aliphatic hydroxyl groups excluding tert-OH is 1. The van der Waals surface area contributed by atoms with Gasteiger partial charge in [-0.15, -0.1) is 24.0 Å². The van der Waals surface area contributed by atoms with Gasteiger partial charge in [0.2, 0.25) is 0 Å². The van der Waals surface area contributed by atoms with Gasteiger partial charge < -0.3 is 20.6 Å². The van der Waals surface area contributed by atoms with Gasteiger partial charge in [-0.25, -0.2) is 0 Å². The molecule has 0 bridgehead atoms. The van der Waals surface area contributed by atoms with Crippen LogP contribution in [0.4, 0.5) is 0 Å². The van der Waals surface area contributed by atoms with Gasteiger partial charge in [0, 0.05) is 25.6 Å². The van der Waals surface area contributed by atoms with Crippen molar-refractivity contribution < 1.29 is 5.11 Å². The van der Waals surface area contributed by atoms with Gasteiger partial charge >= 0.3 is 0 Å². The molecular weight excluding hydrogens is 475 g/mol. The van der Waals surface area contributed by atoms with E-state index >= 15 is 0 Å². The number of rotatable bonds is 11. The Morgan fingerprint density at radius 1 is 1.03 bits per heavy atom. The van der Waals surface area contributed by atoms with E-state index in [0.29, 0.717) is 6.54 Å². The third-order valence-electron chi connectivity index (χ3n) is 4.61. The van der Waals surface area contributed by atoms with Crippen molar-refractivity contribution in [1.29, 1.82) is 0 Å². The first kappa shape index (κ1) is 25.4. The second-order valence-corrected chi connectivity index (χ2v) is 7.01. The van der Waals surface area contributed by atoms with Crippen LogP contribution in [0.1, 0.15) is 30.4 Å². The van der Waals surface area contributed by atoms with Gasteiger partial charge in [0.1, 0.15) is 0 Å². The van der Waals surface area contributed by atoms with Crippen molar-refractivity contribution >= 4 is 29.9 Å². The molecule has 2 aromatic rings. The maximum absolute atomic E-state index is 9.70. The van der Waals surface area contributed by atoms with Crippen LogP contribution in [0.25, 0.3) is 0 Å². The number of nitrogens with zero attached hydrogens (tertiary/aromatic N) is 2. The molecule has 0 radical (unpaired) electrons. The number of hydrogen-bond donors (Lipinski definition) is 3. The smallest absolute Gasteiger partial charge is 0.191 e. The fourth-order valence-corrected chi connectivity index (χ4v) is 3.07. The normalized spacial score (nSPS) is 12.3.